The molecule has 0 radical (unpaired) electrons. The van der Waals surface area contributed by atoms with Crippen molar-refractivity contribution in [2.75, 3.05) is 5.73 Å². The molecular weight excluding hydrogens is 208 g/mol. The summed E-state index contributed by atoms with van der Waals surface area (Å²) in [6.07, 6.45) is 5.12. The minimum atomic E-state index is -1.01. The molecular formula is C10H10N4O2. The second kappa shape index (κ2) is 2.94. The highest BCUT2D eigenvalue weighted by Gasteiger charge is 2.33. The standard InChI is InChI=1S/C10H10N4O2/c11-6-3-12-9-7(5-1-2-5)8(10(15)16)13-14(9)4-6/h3-5H,1-2,11H2,(H,15,16). The van der Waals surface area contributed by atoms with E-state index in [0.717, 1.165) is 18.4 Å². The van der Waals surface area contributed by atoms with E-state index in [4.69, 9.17) is 10.8 Å². The smallest absolute Gasteiger partial charge is 0.356 e. The van der Waals surface area contributed by atoms with Crippen LogP contribution in [0.1, 0.15) is 34.8 Å². The Morgan fingerprint density at radius 2 is 2.31 bits per heavy atom. The van der Waals surface area contributed by atoms with Gasteiger partial charge in [0.1, 0.15) is 0 Å². The Bertz CT molecular complexity index is 586. The van der Waals surface area contributed by atoms with E-state index in [1.54, 1.807) is 6.20 Å². The minimum absolute atomic E-state index is 0.0978. The van der Waals surface area contributed by atoms with Crippen molar-refractivity contribution in [1.82, 2.24) is 14.6 Å². The van der Waals surface area contributed by atoms with Crippen LogP contribution in [-0.4, -0.2) is 25.7 Å². The van der Waals surface area contributed by atoms with Gasteiger partial charge in [-0.15, -0.1) is 0 Å². The van der Waals surface area contributed by atoms with Gasteiger partial charge >= 0.3 is 5.97 Å². The number of carboxylic acid groups (broad SMARTS) is 1. The maximum absolute atomic E-state index is 11.1. The van der Waals surface area contributed by atoms with Crippen LogP contribution in [0.5, 0.6) is 0 Å². The van der Waals surface area contributed by atoms with Gasteiger partial charge in [-0.2, -0.15) is 5.10 Å². The quantitative estimate of drug-likeness (QED) is 0.780. The monoisotopic (exact) mass is 218 g/mol. The Balaban J connectivity index is 2.32. The van der Waals surface area contributed by atoms with Crippen molar-refractivity contribution < 1.29 is 9.90 Å². The Labute approximate surface area is 90.7 Å². The molecule has 0 unspecified atom stereocenters. The van der Waals surface area contributed by atoms with Gasteiger partial charge in [0.25, 0.3) is 0 Å². The third-order valence-corrected chi connectivity index (χ3v) is 2.72. The van der Waals surface area contributed by atoms with Crippen molar-refractivity contribution in [3.8, 4) is 0 Å². The fraction of sp³-hybridized carbons (Fsp3) is 0.300. The van der Waals surface area contributed by atoms with E-state index in [2.05, 4.69) is 10.1 Å². The van der Waals surface area contributed by atoms with Gasteiger partial charge in [-0.1, -0.05) is 0 Å². The number of rotatable bonds is 2. The predicted molar refractivity (Wildman–Crippen MR) is 56.3 cm³/mol. The first-order chi connectivity index (χ1) is 7.66. The van der Waals surface area contributed by atoms with Gasteiger partial charge in [-0.25, -0.2) is 14.3 Å². The van der Waals surface area contributed by atoms with Crippen LogP contribution < -0.4 is 5.73 Å². The molecule has 0 spiro atoms. The molecule has 1 aliphatic rings. The average molecular weight is 218 g/mol. The van der Waals surface area contributed by atoms with Gasteiger partial charge in [0, 0.05) is 5.56 Å². The zero-order chi connectivity index (χ0) is 11.3. The molecule has 3 rings (SSSR count). The minimum Gasteiger partial charge on any atom is -0.476 e. The second-order valence-corrected chi connectivity index (χ2v) is 4.00. The predicted octanol–water partition coefficient (Wildman–Crippen LogP) is 0.887. The van der Waals surface area contributed by atoms with Gasteiger partial charge in [0.2, 0.25) is 0 Å². The molecule has 0 aliphatic heterocycles. The molecule has 0 aromatic carbocycles. The van der Waals surface area contributed by atoms with Crippen LogP contribution >= 0.6 is 0 Å². The summed E-state index contributed by atoms with van der Waals surface area (Å²) in [4.78, 5) is 15.2. The molecule has 16 heavy (non-hydrogen) atoms. The summed E-state index contributed by atoms with van der Waals surface area (Å²) in [5, 5.41) is 13.1. The van der Waals surface area contributed by atoms with E-state index in [1.807, 2.05) is 0 Å². The first kappa shape index (κ1) is 9.14. The summed E-state index contributed by atoms with van der Waals surface area (Å²) in [5.74, 6) is -0.717. The molecule has 2 aromatic rings. The number of nitrogens with zero attached hydrogens (tertiary/aromatic N) is 3. The van der Waals surface area contributed by atoms with Gasteiger partial charge in [-0.3, -0.25) is 0 Å². The molecule has 0 saturated heterocycles. The number of aromatic nitrogens is 3. The van der Waals surface area contributed by atoms with Crippen LogP contribution in [0.25, 0.3) is 5.65 Å². The van der Waals surface area contributed by atoms with Crippen LogP contribution in [0.15, 0.2) is 12.4 Å². The summed E-state index contributed by atoms with van der Waals surface area (Å²) in [6, 6.07) is 0. The van der Waals surface area contributed by atoms with E-state index < -0.39 is 5.97 Å². The Morgan fingerprint density at radius 1 is 1.56 bits per heavy atom. The van der Waals surface area contributed by atoms with E-state index in [-0.39, 0.29) is 5.69 Å². The van der Waals surface area contributed by atoms with Gasteiger partial charge in [0.15, 0.2) is 11.3 Å². The van der Waals surface area contributed by atoms with Crippen LogP contribution in [0.3, 0.4) is 0 Å². The molecule has 1 fully saturated rings. The molecule has 6 heteroatoms. The maximum atomic E-state index is 11.1. The second-order valence-electron chi connectivity index (χ2n) is 4.00. The van der Waals surface area contributed by atoms with Crippen molar-refractivity contribution in [3.63, 3.8) is 0 Å². The molecule has 1 saturated carbocycles. The summed E-state index contributed by atoms with van der Waals surface area (Å²) in [5.41, 5.74) is 7.49. The summed E-state index contributed by atoms with van der Waals surface area (Å²) in [7, 11) is 0. The molecule has 2 aromatic heterocycles. The third kappa shape index (κ3) is 1.23. The number of nitrogens with two attached hydrogens (primary N) is 1. The number of hydrogen-bond acceptors (Lipinski definition) is 4. The molecule has 1 aliphatic carbocycles. The number of carbonyl (C=O) groups is 1. The number of nitrogen functional groups attached to an aromatic ring is 1. The lowest BCUT2D eigenvalue weighted by Crippen LogP contribution is -2.00. The van der Waals surface area contributed by atoms with E-state index in [9.17, 15) is 4.79 Å². The lowest BCUT2D eigenvalue weighted by molar-refractivity contribution is 0.0689. The number of hydrogen-bond donors (Lipinski definition) is 2. The summed E-state index contributed by atoms with van der Waals surface area (Å²) < 4.78 is 1.45. The van der Waals surface area contributed by atoms with Gasteiger partial charge in [-0.05, 0) is 18.8 Å². The fourth-order valence-electron chi connectivity index (χ4n) is 1.87. The highest BCUT2D eigenvalue weighted by atomic mass is 16.4. The Kier molecular flexibility index (Phi) is 1.68. The van der Waals surface area contributed by atoms with Crippen molar-refractivity contribution in [3.05, 3.63) is 23.7 Å². The molecule has 2 heterocycles. The van der Waals surface area contributed by atoms with E-state index in [1.165, 1.54) is 10.7 Å². The molecule has 82 valence electrons. The summed E-state index contributed by atoms with van der Waals surface area (Å²) >= 11 is 0. The van der Waals surface area contributed by atoms with Crippen LogP contribution in [0.2, 0.25) is 0 Å². The SMILES string of the molecule is Nc1cnc2c(C3CC3)c(C(=O)O)nn2c1. The number of fused-ring (bicyclic) bond motifs is 1. The maximum Gasteiger partial charge on any atom is 0.356 e. The van der Waals surface area contributed by atoms with Crippen molar-refractivity contribution in [2.24, 2.45) is 0 Å². The largest absolute Gasteiger partial charge is 0.476 e. The van der Waals surface area contributed by atoms with E-state index >= 15 is 0 Å². The highest BCUT2D eigenvalue weighted by Crippen LogP contribution is 2.43. The molecule has 0 amide bonds. The highest BCUT2D eigenvalue weighted by molar-refractivity contribution is 5.90. The average Bonchev–Trinajstić information content (AvgIpc) is 2.99. The number of carboxylic acids is 1. The summed E-state index contributed by atoms with van der Waals surface area (Å²) in [6.45, 7) is 0. The molecule has 0 atom stereocenters. The topological polar surface area (TPSA) is 93.5 Å². The zero-order valence-electron chi connectivity index (χ0n) is 8.42. The van der Waals surface area contributed by atoms with Crippen molar-refractivity contribution >= 4 is 17.3 Å². The van der Waals surface area contributed by atoms with Gasteiger partial charge < -0.3 is 10.8 Å². The molecule has 6 nitrogen and oxygen atoms in total. The number of aromatic carboxylic acids is 1. The lowest BCUT2D eigenvalue weighted by Gasteiger charge is -1.96. The lowest BCUT2D eigenvalue weighted by atomic mass is 10.1. The van der Waals surface area contributed by atoms with E-state index in [0.29, 0.717) is 17.3 Å². The molecule has 3 N–H and O–H groups in total. The van der Waals surface area contributed by atoms with Crippen LogP contribution in [-0.2, 0) is 0 Å². The van der Waals surface area contributed by atoms with Crippen LogP contribution in [0.4, 0.5) is 5.69 Å². The van der Waals surface area contributed by atoms with Crippen molar-refractivity contribution in [2.45, 2.75) is 18.8 Å². The zero-order valence-corrected chi connectivity index (χ0v) is 8.42. The normalized spacial score (nSPS) is 15.5. The fourth-order valence-corrected chi connectivity index (χ4v) is 1.87. The first-order valence-electron chi connectivity index (χ1n) is 5.04. The van der Waals surface area contributed by atoms with Gasteiger partial charge in [0.05, 0.1) is 18.1 Å². The third-order valence-electron chi connectivity index (χ3n) is 2.72. The Hall–Kier alpha value is -2.11. The number of anilines is 1. The first-order valence-corrected chi connectivity index (χ1v) is 5.04. The van der Waals surface area contributed by atoms with Crippen molar-refractivity contribution in [1.29, 1.82) is 0 Å². The molecule has 0 bridgehead atoms. The Morgan fingerprint density at radius 3 is 2.94 bits per heavy atom. The van der Waals surface area contributed by atoms with Crippen LogP contribution in [0, 0.1) is 0 Å².